The number of carbonyl (C=O) groups is 1. The normalized spacial score (nSPS) is 15.5. The molecule has 2 aliphatic heterocycles. The number of halogens is 1. The maximum atomic E-state index is 13.3. The van der Waals surface area contributed by atoms with Gasteiger partial charge in [0.25, 0.3) is 0 Å². The number of aliphatic imine (C=N–C) groups is 1. The second-order valence-electron chi connectivity index (χ2n) is 8.04. The molecule has 0 bridgehead atoms. The quantitative estimate of drug-likeness (QED) is 0.498. The van der Waals surface area contributed by atoms with Crippen LogP contribution in [0, 0.1) is 0 Å². The predicted molar refractivity (Wildman–Crippen MR) is 123 cm³/mol. The van der Waals surface area contributed by atoms with Crippen LogP contribution in [0.4, 0.5) is 5.69 Å². The summed E-state index contributed by atoms with van der Waals surface area (Å²) < 4.78 is 2.61. The van der Waals surface area contributed by atoms with Crippen molar-refractivity contribution in [3.63, 3.8) is 0 Å². The SMILES string of the molecule is O=C1C(Cc2ccccc2)=NC2=[C]([Cd][c]3ccc(Cl)cc3)CN(c3ccc(O)cc3)CN12. The van der Waals surface area contributed by atoms with E-state index in [9.17, 15) is 9.90 Å². The minimum absolute atomic E-state index is 0.0211. The van der Waals surface area contributed by atoms with Gasteiger partial charge in [-0.2, -0.15) is 0 Å². The molecule has 0 atom stereocenters. The molecule has 0 aliphatic carbocycles. The van der Waals surface area contributed by atoms with Gasteiger partial charge in [-0.05, 0) is 0 Å². The molecule has 32 heavy (non-hydrogen) atoms. The number of carbonyl (C=O) groups excluding carboxylic acids is 1. The molecule has 7 heteroatoms. The van der Waals surface area contributed by atoms with Crippen LogP contribution < -0.4 is 8.02 Å². The number of benzene rings is 3. The molecule has 2 aliphatic rings. The third-order valence-electron chi connectivity index (χ3n) is 5.76. The molecular weight excluding hydrogens is 522 g/mol. The minimum atomic E-state index is -1.64. The Balaban J connectivity index is 1.49. The van der Waals surface area contributed by atoms with Gasteiger partial charge in [0.05, 0.1) is 0 Å². The number of rotatable bonds is 5. The average molecular weight is 542 g/mol. The maximum absolute atomic E-state index is 13.3. The first-order valence-electron chi connectivity index (χ1n) is 10.5. The summed E-state index contributed by atoms with van der Waals surface area (Å²) in [5, 5.41) is 10.4. The molecule has 0 spiro atoms. The number of anilines is 1. The Hall–Kier alpha value is -2.65. The van der Waals surface area contributed by atoms with Gasteiger partial charge in [0, 0.05) is 0 Å². The summed E-state index contributed by atoms with van der Waals surface area (Å²) in [4.78, 5) is 22.2. The molecule has 5 nitrogen and oxygen atoms in total. The second kappa shape index (κ2) is 9.07. The summed E-state index contributed by atoms with van der Waals surface area (Å²) in [6.07, 6.45) is 0.530. The van der Waals surface area contributed by atoms with Gasteiger partial charge in [-0.3, -0.25) is 0 Å². The Morgan fingerprint density at radius 2 is 1.69 bits per heavy atom. The number of hydrogen-bond donors (Lipinski definition) is 1. The standard InChI is InChI=1S/C19H16N3O2.C6H4Cl.Cd/c23-16-8-6-15(7-9-16)21-11-10-18-20-17(19(24)22(18)13-21)12-14-4-2-1-3-5-14;7-6-4-2-1-3-5-6;/h1-9,23H,11-13H2;2-5H;. The van der Waals surface area contributed by atoms with Crippen molar-refractivity contribution in [1.82, 2.24) is 4.90 Å². The number of fused-ring (bicyclic) bond motifs is 1. The van der Waals surface area contributed by atoms with Crippen molar-refractivity contribution in [2.75, 3.05) is 18.1 Å². The van der Waals surface area contributed by atoms with Crippen molar-refractivity contribution in [2.24, 2.45) is 4.99 Å². The Kier molecular flexibility index (Phi) is 6.01. The van der Waals surface area contributed by atoms with Crippen LogP contribution in [-0.2, 0) is 35.5 Å². The van der Waals surface area contributed by atoms with E-state index < -0.39 is 24.2 Å². The Morgan fingerprint density at radius 1 is 0.969 bits per heavy atom. The molecule has 5 rings (SSSR count). The van der Waals surface area contributed by atoms with E-state index in [-0.39, 0.29) is 11.7 Å². The van der Waals surface area contributed by atoms with Crippen LogP contribution in [0.15, 0.2) is 92.8 Å². The molecule has 3 aromatic rings. The molecule has 3 aromatic carbocycles. The Labute approximate surface area is 203 Å². The van der Waals surface area contributed by atoms with Gasteiger partial charge < -0.3 is 0 Å². The number of phenolic OH excluding ortho intramolecular Hbond substituents is 1. The first-order valence-corrected chi connectivity index (χ1v) is 14.9. The molecule has 156 valence electrons. The molecule has 2 heterocycles. The molecule has 1 amide bonds. The van der Waals surface area contributed by atoms with Crippen LogP contribution in [0.2, 0.25) is 5.02 Å². The van der Waals surface area contributed by atoms with Crippen LogP contribution in [0.25, 0.3) is 0 Å². The molecule has 0 unspecified atom stereocenters. The molecular formula is C25H20CdClN3O2. The molecule has 0 saturated heterocycles. The number of phenols is 1. The van der Waals surface area contributed by atoms with E-state index in [2.05, 4.69) is 17.0 Å². The fraction of sp³-hybridized carbons (Fsp3) is 0.120. The molecule has 0 saturated carbocycles. The Bertz CT molecular complexity index is 1210. The zero-order chi connectivity index (χ0) is 22.1. The van der Waals surface area contributed by atoms with Crippen molar-refractivity contribution in [3.05, 3.63) is 98.4 Å². The first-order chi connectivity index (χ1) is 15.6. The van der Waals surface area contributed by atoms with Gasteiger partial charge in [0.15, 0.2) is 0 Å². The van der Waals surface area contributed by atoms with E-state index in [1.165, 1.54) is 6.26 Å². The summed E-state index contributed by atoms with van der Waals surface area (Å²) in [6, 6.07) is 25.2. The fourth-order valence-corrected chi connectivity index (χ4v) is 9.32. The summed E-state index contributed by atoms with van der Waals surface area (Å²) in [7, 11) is 0. The van der Waals surface area contributed by atoms with Gasteiger partial charge in [-0.25, -0.2) is 0 Å². The van der Waals surface area contributed by atoms with E-state index in [1.54, 1.807) is 12.1 Å². The molecule has 0 aromatic heterocycles. The summed E-state index contributed by atoms with van der Waals surface area (Å²) >= 11 is 4.45. The average Bonchev–Trinajstić information content (AvgIpc) is 3.12. The molecule has 0 fully saturated rings. The van der Waals surface area contributed by atoms with E-state index >= 15 is 0 Å². The topological polar surface area (TPSA) is 56.1 Å². The third-order valence-corrected chi connectivity index (χ3v) is 11.3. The summed E-state index contributed by atoms with van der Waals surface area (Å²) in [6.45, 7) is 1.20. The van der Waals surface area contributed by atoms with Gasteiger partial charge >= 0.3 is 205 Å². The number of hydrogen-bond acceptors (Lipinski definition) is 4. The van der Waals surface area contributed by atoms with E-state index in [0.29, 0.717) is 18.8 Å². The van der Waals surface area contributed by atoms with Crippen molar-refractivity contribution in [2.45, 2.75) is 6.42 Å². The summed E-state index contributed by atoms with van der Waals surface area (Å²) in [5.74, 6) is 1.06. The number of nitrogens with zero attached hydrogens (tertiary/aromatic N) is 3. The van der Waals surface area contributed by atoms with Crippen LogP contribution >= 0.6 is 11.6 Å². The van der Waals surface area contributed by atoms with Crippen LogP contribution in [0.5, 0.6) is 5.75 Å². The number of amides is 1. The van der Waals surface area contributed by atoms with Crippen LogP contribution in [0.1, 0.15) is 5.56 Å². The van der Waals surface area contributed by atoms with Gasteiger partial charge in [0.1, 0.15) is 0 Å². The zero-order valence-corrected chi connectivity index (χ0v) is 22.2. The van der Waals surface area contributed by atoms with Crippen molar-refractivity contribution >= 4 is 32.0 Å². The van der Waals surface area contributed by atoms with Gasteiger partial charge in [-0.15, -0.1) is 0 Å². The monoisotopic (exact) mass is 543 g/mol. The Morgan fingerprint density at radius 3 is 2.41 bits per heavy atom. The fourth-order valence-electron chi connectivity index (χ4n) is 4.14. The van der Waals surface area contributed by atoms with Crippen molar-refractivity contribution < 1.29 is 34.1 Å². The van der Waals surface area contributed by atoms with E-state index in [4.69, 9.17) is 16.6 Å². The predicted octanol–water partition coefficient (Wildman–Crippen LogP) is 3.93. The zero-order valence-electron chi connectivity index (χ0n) is 17.4. The first kappa shape index (κ1) is 21.2. The number of aromatic hydroxyl groups is 1. The second-order valence-corrected chi connectivity index (χ2v) is 14.3. The van der Waals surface area contributed by atoms with E-state index in [0.717, 1.165) is 28.6 Å². The van der Waals surface area contributed by atoms with Crippen molar-refractivity contribution in [3.8, 4) is 5.75 Å². The van der Waals surface area contributed by atoms with Gasteiger partial charge in [0.2, 0.25) is 0 Å². The van der Waals surface area contributed by atoms with E-state index in [1.807, 2.05) is 59.5 Å². The summed E-state index contributed by atoms with van der Waals surface area (Å²) in [5.41, 5.74) is 2.66. The van der Waals surface area contributed by atoms with Crippen molar-refractivity contribution in [1.29, 1.82) is 0 Å². The molecule has 0 radical (unpaired) electrons. The van der Waals surface area contributed by atoms with Gasteiger partial charge in [-0.1, -0.05) is 0 Å². The molecule has 1 N–H and O–H groups in total. The van der Waals surface area contributed by atoms with Crippen LogP contribution in [0.3, 0.4) is 0 Å². The van der Waals surface area contributed by atoms with Crippen LogP contribution in [-0.4, -0.2) is 34.8 Å². The third kappa shape index (κ3) is 4.45.